The number of hydrogen-bond acceptors (Lipinski definition) is 6. The predicted molar refractivity (Wildman–Crippen MR) is 112 cm³/mol. The Kier molecular flexibility index (Phi) is 5.68. The molecule has 7 nitrogen and oxygen atoms in total. The van der Waals surface area contributed by atoms with Crippen molar-refractivity contribution >= 4 is 45.5 Å². The quantitative estimate of drug-likeness (QED) is 0.656. The van der Waals surface area contributed by atoms with Crippen LogP contribution in [0.4, 0.5) is 5.13 Å². The fraction of sp³-hybridized carbons (Fsp3) is 0.200. The Morgan fingerprint density at radius 1 is 1.07 bits per heavy atom. The minimum absolute atomic E-state index is 0.0520. The number of carbonyl (C=O) groups is 3. The van der Waals surface area contributed by atoms with Crippen molar-refractivity contribution in [3.05, 3.63) is 68.9 Å². The van der Waals surface area contributed by atoms with Gasteiger partial charge in [-0.2, -0.15) is 11.3 Å². The number of nitrogens with one attached hydrogen (secondary N) is 2. The first-order valence-electron chi connectivity index (χ1n) is 9.03. The molecule has 1 aliphatic heterocycles. The highest BCUT2D eigenvalue weighted by Gasteiger charge is 2.25. The van der Waals surface area contributed by atoms with Gasteiger partial charge < -0.3 is 10.2 Å². The predicted octanol–water partition coefficient (Wildman–Crippen LogP) is 2.77. The fourth-order valence-electron chi connectivity index (χ4n) is 2.98. The molecule has 0 atom stereocenters. The van der Waals surface area contributed by atoms with Gasteiger partial charge in [-0.15, -0.1) is 0 Å². The largest absolute Gasteiger partial charge is 0.343 e. The number of benzene rings is 1. The maximum atomic E-state index is 12.5. The first-order valence-corrected chi connectivity index (χ1v) is 10.8. The molecule has 0 saturated heterocycles. The molecule has 3 aromatic rings. The number of anilines is 1. The molecule has 0 aliphatic carbocycles. The van der Waals surface area contributed by atoms with Crippen LogP contribution in [0.25, 0.3) is 0 Å². The molecule has 4 rings (SSSR count). The summed E-state index contributed by atoms with van der Waals surface area (Å²) in [6.07, 6.45) is 0.624. The van der Waals surface area contributed by atoms with Gasteiger partial charge in [0.05, 0.1) is 24.3 Å². The molecule has 0 fully saturated rings. The van der Waals surface area contributed by atoms with Crippen LogP contribution in [0.15, 0.2) is 47.2 Å². The normalized spacial score (nSPS) is 12.9. The highest BCUT2D eigenvalue weighted by molar-refractivity contribution is 7.16. The van der Waals surface area contributed by atoms with Crippen LogP contribution >= 0.6 is 22.7 Å². The summed E-state index contributed by atoms with van der Waals surface area (Å²) in [5, 5.41) is 9.66. The van der Waals surface area contributed by atoms with Gasteiger partial charge in [-0.3, -0.25) is 19.7 Å². The van der Waals surface area contributed by atoms with Gasteiger partial charge >= 0.3 is 0 Å². The third kappa shape index (κ3) is 4.52. The smallest absolute Gasteiger partial charge is 0.258 e. The van der Waals surface area contributed by atoms with Gasteiger partial charge in [-0.25, -0.2) is 4.98 Å². The zero-order chi connectivity index (χ0) is 20.2. The Morgan fingerprint density at radius 3 is 2.66 bits per heavy atom. The van der Waals surface area contributed by atoms with Crippen molar-refractivity contribution in [3.8, 4) is 0 Å². The van der Waals surface area contributed by atoms with E-state index in [-0.39, 0.29) is 24.3 Å². The molecule has 9 heteroatoms. The van der Waals surface area contributed by atoms with Crippen molar-refractivity contribution in [3.63, 3.8) is 0 Å². The number of nitrogens with zero attached hydrogens (tertiary/aromatic N) is 2. The lowest BCUT2D eigenvalue weighted by Crippen LogP contribution is -2.42. The van der Waals surface area contributed by atoms with Crippen molar-refractivity contribution in [2.45, 2.75) is 13.0 Å². The molecule has 148 valence electrons. The van der Waals surface area contributed by atoms with Gasteiger partial charge in [-0.05, 0) is 23.6 Å². The second-order valence-electron chi connectivity index (χ2n) is 6.47. The van der Waals surface area contributed by atoms with Crippen LogP contribution in [0, 0.1) is 0 Å². The lowest BCUT2D eigenvalue weighted by Gasteiger charge is -2.26. The van der Waals surface area contributed by atoms with Crippen molar-refractivity contribution in [1.82, 2.24) is 15.2 Å². The van der Waals surface area contributed by atoms with Crippen LogP contribution in [-0.4, -0.2) is 40.7 Å². The molecule has 1 aliphatic rings. The molecule has 0 saturated carbocycles. The summed E-state index contributed by atoms with van der Waals surface area (Å²) >= 11 is 2.84. The summed E-state index contributed by atoms with van der Waals surface area (Å²) in [7, 11) is 0. The van der Waals surface area contributed by atoms with E-state index in [0.29, 0.717) is 35.8 Å². The number of rotatable bonds is 5. The minimum Gasteiger partial charge on any atom is -0.343 e. The topological polar surface area (TPSA) is 91.4 Å². The average Bonchev–Trinajstić information content (AvgIpc) is 3.41. The molecule has 29 heavy (non-hydrogen) atoms. The summed E-state index contributed by atoms with van der Waals surface area (Å²) in [6, 6.07) is 10.6. The van der Waals surface area contributed by atoms with E-state index in [0.717, 1.165) is 10.6 Å². The third-order valence-corrected chi connectivity index (χ3v) is 6.20. The first kappa shape index (κ1) is 19.3. The fourth-order valence-corrected chi connectivity index (χ4v) is 4.64. The molecule has 0 radical (unpaired) electrons. The molecular formula is C20H18N4O3S2. The van der Waals surface area contributed by atoms with E-state index in [1.54, 1.807) is 40.6 Å². The number of aromatic nitrogens is 1. The minimum atomic E-state index is -0.270. The van der Waals surface area contributed by atoms with E-state index in [2.05, 4.69) is 15.6 Å². The highest BCUT2D eigenvalue weighted by atomic mass is 32.1. The Morgan fingerprint density at radius 2 is 1.90 bits per heavy atom. The molecule has 2 aromatic heterocycles. The molecular weight excluding hydrogens is 408 g/mol. The van der Waals surface area contributed by atoms with E-state index < -0.39 is 0 Å². The van der Waals surface area contributed by atoms with E-state index in [9.17, 15) is 14.4 Å². The Bertz CT molecular complexity index is 1030. The SMILES string of the molecule is O=C(NCC(=O)N1CCc2nc(NC(=O)c3ccsc3)sc2C1)c1ccccc1. The van der Waals surface area contributed by atoms with Gasteiger partial charge in [-0.1, -0.05) is 29.5 Å². The monoisotopic (exact) mass is 426 g/mol. The van der Waals surface area contributed by atoms with Crippen LogP contribution in [0.3, 0.4) is 0 Å². The average molecular weight is 427 g/mol. The van der Waals surface area contributed by atoms with Crippen molar-refractivity contribution in [2.75, 3.05) is 18.4 Å². The van der Waals surface area contributed by atoms with Crippen molar-refractivity contribution in [1.29, 1.82) is 0 Å². The standard InChI is InChI=1S/C20H18N4O3S2/c25-17(10-21-18(26)13-4-2-1-3-5-13)24-8-6-15-16(11-24)29-20(22-15)23-19(27)14-7-9-28-12-14/h1-5,7,9,12H,6,8,10-11H2,(H,21,26)(H,22,23,27). The van der Waals surface area contributed by atoms with Gasteiger partial charge in [0.1, 0.15) is 0 Å². The zero-order valence-electron chi connectivity index (χ0n) is 15.4. The van der Waals surface area contributed by atoms with Crippen LogP contribution in [-0.2, 0) is 17.8 Å². The third-order valence-electron chi connectivity index (χ3n) is 4.52. The van der Waals surface area contributed by atoms with Crippen molar-refractivity contribution < 1.29 is 14.4 Å². The second kappa shape index (κ2) is 8.54. The van der Waals surface area contributed by atoms with Crippen LogP contribution in [0.1, 0.15) is 31.3 Å². The maximum Gasteiger partial charge on any atom is 0.258 e. The summed E-state index contributed by atoms with van der Waals surface area (Å²) in [5.74, 6) is -0.598. The molecule has 3 heterocycles. The summed E-state index contributed by atoms with van der Waals surface area (Å²) < 4.78 is 0. The first-order chi connectivity index (χ1) is 14.1. The highest BCUT2D eigenvalue weighted by Crippen LogP contribution is 2.28. The molecule has 2 N–H and O–H groups in total. The number of fused-ring (bicyclic) bond motifs is 1. The summed E-state index contributed by atoms with van der Waals surface area (Å²) in [4.78, 5) is 44.0. The lowest BCUT2D eigenvalue weighted by atomic mass is 10.2. The maximum absolute atomic E-state index is 12.5. The van der Waals surface area contributed by atoms with E-state index in [1.807, 2.05) is 11.4 Å². The Balaban J connectivity index is 1.33. The van der Waals surface area contributed by atoms with Gasteiger partial charge in [0.25, 0.3) is 11.8 Å². The van der Waals surface area contributed by atoms with E-state index in [4.69, 9.17) is 0 Å². The molecule has 3 amide bonds. The van der Waals surface area contributed by atoms with Crippen molar-refractivity contribution in [2.24, 2.45) is 0 Å². The molecule has 0 bridgehead atoms. The van der Waals surface area contributed by atoms with E-state index in [1.165, 1.54) is 22.7 Å². The second-order valence-corrected chi connectivity index (χ2v) is 8.33. The van der Waals surface area contributed by atoms with Gasteiger partial charge in [0.2, 0.25) is 5.91 Å². The number of thiophene rings is 1. The van der Waals surface area contributed by atoms with Crippen LogP contribution < -0.4 is 10.6 Å². The zero-order valence-corrected chi connectivity index (χ0v) is 17.0. The van der Waals surface area contributed by atoms with E-state index >= 15 is 0 Å². The van der Waals surface area contributed by atoms with Crippen LogP contribution in [0.2, 0.25) is 0 Å². The number of amides is 3. The lowest BCUT2D eigenvalue weighted by molar-refractivity contribution is -0.130. The molecule has 0 spiro atoms. The molecule has 1 aromatic carbocycles. The Hall–Kier alpha value is -3.04. The Labute approximate surface area is 175 Å². The summed E-state index contributed by atoms with van der Waals surface area (Å²) in [6.45, 7) is 0.916. The number of hydrogen-bond donors (Lipinski definition) is 2. The summed E-state index contributed by atoms with van der Waals surface area (Å²) in [5.41, 5.74) is 2.04. The van der Waals surface area contributed by atoms with Crippen LogP contribution in [0.5, 0.6) is 0 Å². The number of thiazole rings is 1. The number of carbonyl (C=O) groups excluding carboxylic acids is 3. The van der Waals surface area contributed by atoms with Gasteiger partial charge in [0.15, 0.2) is 5.13 Å². The van der Waals surface area contributed by atoms with Gasteiger partial charge in [0, 0.05) is 28.8 Å². The molecule has 0 unspecified atom stereocenters.